The normalized spacial score (nSPS) is 12.1. The van der Waals surface area contributed by atoms with E-state index in [9.17, 15) is 21.9 Å². The highest BCUT2D eigenvalue weighted by atomic mass is 35.5. The minimum absolute atomic E-state index is 0.0358. The summed E-state index contributed by atoms with van der Waals surface area (Å²) in [6.45, 7) is 1.49. The van der Waals surface area contributed by atoms with Gasteiger partial charge >= 0.3 is 0 Å². The van der Waals surface area contributed by atoms with Crippen molar-refractivity contribution in [2.24, 2.45) is 0 Å². The van der Waals surface area contributed by atoms with E-state index in [1.54, 1.807) is 18.2 Å². The molecule has 3 aromatic carbocycles. The number of aromatic hydroxyl groups is 1. The molecule has 0 spiro atoms. The van der Waals surface area contributed by atoms with Gasteiger partial charge in [0, 0.05) is 5.02 Å². The molecule has 0 bridgehead atoms. The number of phenols is 1. The molecule has 3 aromatic rings. The van der Waals surface area contributed by atoms with Gasteiger partial charge in [-0.3, -0.25) is 0 Å². The van der Waals surface area contributed by atoms with Crippen molar-refractivity contribution in [3.05, 3.63) is 77.3 Å². The molecule has 27 heavy (non-hydrogen) atoms. The predicted molar refractivity (Wildman–Crippen MR) is 102 cm³/mol. The number of benzene rings is 3. The van der Waals surface area contributed by atoms with Crippen LogP contribution in [0, 0.1) is 6.92 Å². The minimum atomic E-state index is -4.14. The van der Waals surface area contributed by atoms with Crippen LogP contribution in [-0.4, -0.2) is 21.9 Å². The molecule has 0 aromatic heterocycles. The molecule has 3 rings (SSSR count). The van der Waals surface area contributed by atoms with E-state index in [-0.39, 0.29) is 20.2 Å². The molecule has 0 amide bonds. The van der Waals surface area contributed by atoms with Crippen molar-refractivity contribution >= 4 is 31.3 Å². The van der Waals surface area contributed by atoms with E-state index in [4.69, 9.17) is 11.6 Å². The van der Waals surface area contributed by atoms with E-state index >= 15 is 0 Å². The molecular formula is C19H15ClO5S2. The quantitative estimate of drug-likeness (QED) is 0.685. The van der Waals surface area contributed by atoms with Gasteiger partial charge in [0.15, 0.2) is 0 Å². The molecule has 0 atom stereocenters. The van der Waals surface area contributed by atoms with Crippen molar-refractivity contribution in [1.29, 1.82) is 0 Å². The third-order valence-corrected chi connectivity index (χ3v) is 7.98. The fraction of sp³-hybridized carbons (Fsp3) is 0.0526. The second-order valence-corrected chi connectivity index (χ2v) is 10.1. The highest BCUT2D eigenvalue weighted by Gasteiger charge is 2.27. The number of hydrogen-bond donors (Lipinski definition) is 1. The van der Waals surface area contributed by atoms with Gasteiger partial charge in [0.2, 0.25) is 19.7 Å². The third kappa shape index (κ3) is 3.58. The fourth-order valence-electron chi connectivity index (χ4n) is 2.63. The van der Waals surface area contributed by atoms with E-state index in [0.717, 1.165) is 12.1 Å². The van der Waals surface area contributed by atoms with E-state index in [0.29, 0.717) is 5.02 Å². The number of phenolic OH excluding ortho intramolecular Hbond substituents is 1. The lowest BCUT2D eigenvalue weighted by molar-refractivity contribution is 0.457. The summed E-state index contributed by atoms with van der Waals surface area (Å²) in [6.07, 6.45) is 0. The Morgan fingerprint density at radius 1 is 0.741 bits per heavy atom. The highest BCUT2D eigenvalue weighted by molar-refractivity contribution is 7.92. The highest BCUT2D eigenvalue weighted by Crippen LogP contribution is 2.35. The first-order chi connectivity index (χ1) is 12.6. The van der Waals surface area contributed by atoms with Gasteiger partial charge in [-0.15, -0.1) is 0 Å². The largest absolute Gasteiger partial charge is 0.507 e. The van der Waals surface area contributed by atoms with E-state index < -0.39 is 30.3 Å². The smallest absolute Gasteiger partial charge is 0.210 e. The zero-order valence-corrected chi connectivity index (χ0v) is 16.5. The van der Waals surface area contributed by atoms with Gasteiger partial charge in [0.25, 0.3) is 0 Å². The molecule has 0 saturated carbocycles. The zero-order valence-electron chi connectivity index (χ0n) is 14.1. The Morgan fingerprint density at radius 2 is 1.26 bits per heavy atom. The summed E-state index contributed by atoms with van der Waals surface area (Å²) in [5, 5.41) is 10.6. The summed E-state index contributed by atoms with van der Waals surface area (Å²) >= 11 is 5.79. The first-order valence-corrected chi connectivity index (χ1v) is 11.1. The number of rotatable bonds is 4. The Kier molecular flexibility index (Phi) is 5.03. The Labute approximate surface area is 162 Å². The van der Waals surface area contributed by atoms with Crippen molar-refractivity contribution < 1.29 is 21.9 Å². The summed E-state index contributed by atoms with van der Waals surface area (Å²) in [6, 6.07) is 15.2. The van der Waals surface area contributed by atoms with E-state index in [2.05, 4.69) is 0 Å². The lowest BCUT2D eigenvalue weighted by Gasteiger charge is -2.13. The molecule has 0 aliphatic rings. The number of halogens is 1. The molecule has 0 fully saturated rings. The van der Waals surface area contributed by atoms with Crippen molar-refractivity contribution in [2.75, 3.05) is 0 Å². The van der Waals surface area contributed by atoms with Crippen molar-refractivity contribution in [3.8, 4) is 5.75 Å². The molecule has 5 nitrogen and oxygen atoms in total. The lowest BCUT2D eigenvalue weighted by Crippen LogP contribution is -2.08. The number of sulfone groups is 2. The molecule has 0 saturated heterocycles. The van der Waals surface area contributed by atoms with Crippen LogP contribution in [-0.2, 0) is 19.7 Å². The zero-order chi connectivity index (χ0) is 19.8. The van der Waals surface area contributed by atoms with Crippen LogP contribution in [0.3, 0.4) is 0 Å². The summed E-state index contributed by atoms with van der Waals surface area (Å²) in [5.74, 6) is -0.519. The first-order valence-electron chi connectivity index (χ1n) is 7.78. The van der Waals surface area contributed by atoms with E-state index in [1.807, 2.05) is 0 Å². The van der Waals surface area contributed by atoms with Crippen LogP contribution in [0.1, 0.15) is 5.56 Å². The molecule has 140 valence electrons. The number of aryl methyl sites for hydroxylation is 1. The van der Waals surface area contributed by atoms with Gasteiger partial charge in [-0.05, 0) is 61.0 Å². The molecule has 0 aliphatic heterocycles. The first kappa shape index (κ1) is 19.4. The van der Waals surface area contributed by atoms with Crippen LogP contribution < -0.4 is 0 Å². The van der Waals surface area contributed by atoms with Gasteiger partial charge in [0.05, 0.1) is 14.7 Å². The average Bonchev–Trinajstić information content (AvgIpc) is 2.62. The maximum Gasteiger partial charge on any atom is 0.210 e. The molecule has 0 radical (unpaired) electrons. The third-order valence-electron chi connectivity index (χ3n) is 4.01. The molecule has 1 N–H and O–H groups in total. The predicted octanol–water partition coefficient (Wildman–Crippen LogP) is 4.02. The van der Waals surface area contributed by atoms with Gasteiger partial charge < -0.3 is 5.11 Å². The maximum absolute atomic E-state index is 12.9. The SMILES string of the molecule is Cc1cc(O)c(S(=O)(=O)c2ccc(Cl)cc2)cc1S(=O)(=O)c1ccccc1. The van der Waals surface area contributed by atoms with Gasteiger partial charge in [-0.25, -0.2) is 16.8 Å². The van der Waals surface area contributed by atoms with E-state index in [1.165, 1.54) is 43.3 Å². The molecule has 0 aliphatic carbocycles. The van der Waals surface area contributed by atoms with Crippen LogP contribution in [0.4, 0.5) is 0 Å². The second kappa shape index (κ2) is 6.99. The van der Waals surface area contributed by atoms with Crippen LogP contribution in [0.15, 0.2) is 86.3 Å². The van der Waals surface area contributed by atoms with Gasteiger partial charge in [0.1, 0.15) is 10.6 Å². The van der Waals surface area contributed by atoms with Crippen molar-refractivity contribution in [2.45, 2.75) is 26.5 Å². The van der Waals surface area contributed by atoms with Crippen molar-refractivity contribution in [1.82, 2.24) is 0 Å². The molecule has 0 heterocycles. The van der Waals surface area contributed by atoms with Gasteiger partial charge in [-0.1, -0.05) is 29.8 Å². The fourth-order valence-corrected chi connectivity index (χ4v) is 5.71. The second-order valence-electron chi connectivity index (χ2n) is 5.86. The Bertz CT molecular complexity index is 1200. The minimum Gasteiger partial charge on any atom is -0.507 e. The molecule has 0 unspecified atom stereocenters. The Hall–Kier alpha value is -2.35. The summed E-state index contributed by atoms with van der Waals surface area (Å²) in [4.78, 5) is -0.730. The standard InChI is InChI=1S/C19H15ClO5S2/c1-13-11-17(21)19(27(24,25)16-9-7-14(20)8-10-16)12-18(13)26(22,23)15-5-3-2-4-6-15/h2-12,21H,1H3. The summed E-state index contributed by atoms with van der Waals surface area (Å²) in [5.41, 5.74) is 0.242. The van der Waals surface area contributed by atoms with Crippen LogP contribution in [0.25, 0.3) is 0 Å². The lowest BCUT2D eigenvalue weighted by atomic mass is 10.2. The number of hydrogen-bond acceptors (Lipinski definition) is 5. The Morgan fingerprint density at radius 3 is 1.85 bits per heavy atom. The Balaban J connectivity index is 2.23. The maximum atomic E-state index is 12.9. The van der Waals surface area contributed by atoms with Crippen molar-refractivity contribution in [3.63, 3.8) is 0 Å². The van der Waals surface area contributed by atoms with Crippen LogP contribution in [0.5, 0.6) is 5.75 Å². The van der Waals surface area contributed by atoms with Crippen LogP contribution in [0.2, 0.25) is 5.02 Å². The van der Waals surface area contributed by atoms with Gasteiger partial charge in [-0.2, -0.15) is 0 Å². The average molecular weight is 423 g/mol. The molecule has 8 heteroatoms. The summed E-state index contributed by atoms with van der Waals surface area (Å²) < 4.78 is 51.7. The van der Waals surface area contributed by atoms with Crippen LogP contribution >= 0.6 is 11.6 Å². The monoisotopic (exact) mass is 422 g/mol. The topological polar surface area (TPSA) is 88.5 Å². The molecular weight excluding hydrogens is 408 g/mol. The summed E-state index contributed by atoms with van der Waals surface area (Å²) in [7, 11) is -8.10.